The number of hydrogen-bond donors (Lipinski definition) is 6. The van der Waals surface area contributed by atoms with Crippen molar-refractivity contribution in [1.29, 1.82) is 0 Å². The molecule has 0 radical (unpaired) electrons. The highest BCUT2D eigenvalue weighted by molar-refractivity contribution is 7.80. The first-order chi connectivity index (χ1) is 46.0. The first kappa shape index (κ1) is 70.6. The van der Waals surface area contributed by atoms with Crippen LogP contribution in [0.5, 0.6) is 0 Å². The van der Waals surface area contributed by atoms with Gasteiger partial charge in [0.1, 0.15) is 30.5 Å². The summed E-state index contributed by atoms with van der Waals surface area (Å²) >= 11 is 5.95. The van der Waals surface area contributed by atoms with Crippen molar-refractivity contribution in [2.24, 2.45) is 11.3 Å². The Labute approximate surface area is 559 Å². The van der Waals surface area contributed by atoms with Crippen LogP contribution in [-0.4, -0.2) is 176 Å². The van der Waals surface area contributed by atoms with Gasteiger partial charge in [-0.3, -0.25) is 48.1 Å². The Hall–Kier alpha value is -9.76. The van der Waals surface area contributed by atoms with Crippen molar-refractivity contribution in [1.82, 2.24) is 46.3 Å². The molecular formula is C69H79FN10O15S. The summed E-state index contributed by atoms with van der Waals surface area (Å²) in [5, 5.41) is 16.6. The Balaban J connectivity index is 0.695. The molecule has 508 valence electrons. The van der Waals surface area contributed by atoms with Crippen molar-refractivity contribution < 1.29 is 76.1 Å². The minimum Gasteiger partial charge on any atom is -0.460 e. The van der Waals surface area contributed by atoms with Crippen LogP contribution in [0.3, 0.4) is 0 Å². The van der Waals surface area contributed by atoms with E-state index in [1.807, 2.05) is 13.0 Å². The summed E-state index contributed by atoms with van der Waals surface area (Å²) in [7, 11) is 2.96. The number of halogens is 1. The fourth-order valence-electron chi connectivity index (χ4n) is 12.3. The molecular weight excluding hydrogens is 1260 g/mol. The Morgan fingerprint density at radius 1 is 0.802 bits per heavy atom. The summed E-state index contributed by atoms with van der Waals surface area (Å²) in [5.41, 5.74) is 7.19. The zero-order valence-corrected chi connectivity index (χ0v) is 55.1. The summed E-state index contributed by atoms with van der Waals surface area (Å²) in [5.74, 6) is -5.11. The number of nitrogens with one attached hydrogen (secondary N) is 6. The minimum absolute atomic E-state index is 0.0234. The highest BCUT2D eigenvalue weighted by Gasteiger charge is 2.46. The van der Waals surface area contributed by atoms with Gasteiger partial charge in [0.25, 0.3) is 17.7 Å². The highest BCUT2D eigenvalue weighted by atomic mass is 32.1. The Bertz CT molecular complexity index is 3820. The highest BCUT2D eigenvalue weighted by Crippen LogP contribution is 2.51. The van der Waals surface area contributed by atoms with Crippen LogP contribution in [0.25, 0.3) is 16.5 Å². The van der Waals surface area contributed by atoms with Gasteiger partial charge in [0.15, 0.2) is 6.61 Å². The first-order valence-corrected chi connectivity index (χ1v) is 32.4. The number of rotatable bonds is 28. The van der Waals surface area contributed by atoms with E-state index in [0.29, 0.717) is 91.6 Å². The number of pyridine rings is 1. The number of thiocarbonyl (C=S) groups is 1. The Morgan fingerprint density at radius 2 is 1.49 bits per heavy atom. The van der Waals surface area contributed by atoms with Gasteiger partial charge in [-0.05, 0) is 128 Å². The predicted molar refractivity (Wildman–Crippen MR) is 353 cm³/mol. The fraction of sp³-hybridized carbons (Fsp3) is 0.435. The number of unbranched alkanes of at least 4 members (excludes halogenated alkanes) is 2. The Kier molecular flexibility index (Phi) is 23.6. The van der Waals surface area contributed by atoms with Crippen molar-refractivity contribution >= 4 is 105 Å². The molecule has 9 rings (SSSR count). The van der Waals surface area contributed by atoms with E-state index >= 15 is 4.39 Å². The number of hydrogen-bond acceptors (Lipinski definition) is 17. The molecule has 27 heteroatoms. The number of benzene rings is 3. The van der Waals surface area contributed by atoms with Crippen LogP contribution in [0, 0.1) is 24.1 Å². The second kappa shape index (κ2) is 32.1. The van der Waals surface area contributed by atoms with Crippen LogP contribution in [0.1, 0.15) is 104 Å². The predicted octanol–water partition coefficient (Wildman–Crippen LogP) is 5.24. The lowest BCUT2D eigenvalue weighted by Crippen LogP contribution is -2.52. The number of nitrogens with zero attached hydrogens (tertiary/aromatic N) is 4. The number of anilines is 1. The number of ether oxygens (including phenoxy) is 4. The fourth-order valence-corrected chi connectivity index (χ4v) is 12.6. The van der Waals surface area contributed by atoms with Gasteiger partial charge < -0.3 is 60.6 Å². The molecule has 4 atom stereocenters. The van der Waals surface area contributed by atoms with Crippen molar-refractivity contribution in [2.45, 2.75) is 104 Å². The maximum atomic E-state index is 15.7. The molecule has 3 aromatic carbocycles. The minimum atomic E-state index is -1.14. The van der Waals surface area contributed by atoms with Gasteiger partial charge in [0.05, 0.1) is 43.5 Å². The van der Waals surface area contributed by atoms with Gasteiger partial charge in [-0.1, -0.05) is 67.2 Å². The molecule has 0 spiro atoms. The van der Waals surface area contributed by atoms with E-state index in [9.17, 15) is 52.7 Å². The molecule has 5 aliphatic rings. The standard InChI is InChI=1S/C69H79FN10O15S/c1-6-92-39-69(3)49-31-46-43(18-23-54(96)48(49)37-93-66(69)89)30-47-63-51(22-21-45-40(2)50(70)32-52(62(45)63)77-64(46)47)75-59(85)38-95-68(91)79(5)28-27-78(4)67(90)94-36-42-16-19-44(20-17-42)74-57(83)35-73-65(88)53(29-41-13-9-7-10-14-41)76-58(84)34-72-56(82)33-71-55(81)15-11-8-12-26-80-60(86)24-25-61(80)87/h7,9-10,13-14,16-17,19-20,24-25,31-32,43,51,53H,6,8,11-12,15,18,21-23,26-30,33-39H2,1-5H3,(H,71,81)(H,72,82)(H,73,88)(H,74,83)(H,75,85)(H,76,84)/b46-31+/t43?,51?,53?,69-/m1/s1. The number of carbonyl (C=O) groups is 11. The number of allylic oxidation sites excluding steroid dienone is 2. The Morgan fingerprint density at radius 3 is 2.21 bits per heavy atom. The normalized spacial score (nSPS) is 18.5. The zero-order valence-electron chi connectivity index (χ0n) is 54.3. The van der Waals surface area contributed by atoms with E-state index in [1.54, 1.807) is 68.4 Å². The number of likely N-dealkylation sites (N-methyl/N-ethyl adjacent to an activating group) is 2. The van der Waals surface area contributed by atoms with Crippen LogP contribution >= 0.6 is 12.2 Å². The molecule has 10 amide bonds. The zero-order chi connectivity index (χ0) is 68.8. The van der Waals surface area contributed by atoms with Gasteiger partial charge in [-0.15, -0.1) is 0 Å². The molecule has 25 nitrogen and oxygen atoms in total. The SMILES string of the molecule is CCOC[C@@]1(C)C(=O)OCC2=C1/C=C1/c3nc4cc(F)c(C)c5c4c(c3CC1CCC2=S)C(NC(=O)COC(=O)N(C)CCN(C)C(=O)OCc1ccc(NC(=O)CNC(=O)C(Cc2ccccc2)NC(=O)CNC(=O)CNC(=O)CCCCCN2C(=O)C=CC2=O)cc1)CC5. The topological polar surface area (TPSA) is 319 Å². The van der Waals surface area contributed by atoms with Gasteiger partial charge in [-0.2, -0.15) is 0 Å². The van der Waals surface area contributed by atoms with Crippen molar-refractivity contribution in [3.63, 3.8) is 0 Å². The largest absolute Gasteiger partial charge is 0.460 e. The molecule has 0 saturated heterocycles. The van der Waals surface area contributed by atoms with E-state index in [1.165, 1.54) is 42.1 Å². The van der Waals surface area contributed by atoms with Crippen LogP contribution in [0.4, 0.5) is 19.7 Å². The average molecular weight is 1340 g/mol. The number of carbonyl (C=O) groups excluding carboxylic acids is 11. The molecule has 96 heavy (non-hydrogen) atoms. The van der Waals surface area contributed by atoms with Gasteiger partial charge in [0.2, 0.25) is 29.5 Å². The third kappa shape index (κ3) is 17.4. The van der Waals surface area contributed by atoms with Crippen molar-refractivity contribution in [3.05, 3.63) is 135 Å². The third-order valence-corrected chi connectivity index (χ3v) is 18.2. The molecule has 3 unspecified atom stereocenters. The van der Waals surface area contributed by atoms with Crippen molar-refractivity contribution in [3.8, 4) is 0 Å². The maximum Gasteiger partial charge on any atom is 0.410 e. The summed E-state index contributed by atoms with van der Waals surface area (Å²) in [6.07, 6.45) is 7.44. The molecule has 4 aromatic rings. The lowest BCUT2D eigenvalue weighted by molar-refractivity contribution is -0.156. The van der Waals surface area contributed by atoms with E-state index < -0.39 is 97.3 Å². The molecule has 1 aromatic heterocycles. The molecule has 6 N–H and O–H groups in total. The quantitative estimate of drug-likeness (QED) is 0.0139. The van der Waals surface area contributed by atoms with Crippen molar-refractivity contribution in [2.75, 3.05) is 85.1 Å². The van der Waals surface area contributed by atoms with Gasteiger partial charge in [0, 0.05) is 92.9 Å². The smallest absolute Gasteiger partial charge is 0.410 e. The van der Waals surface area contributed by atoms with Gasteiger partial charge >= 0.3 is 18.2 Å². The van der Waals surface area contributed by atoms with Gasteiger partial charge in [-0.25, -0.2) is 19.0 Å². The van der Waals surface area contributed by atoms with E-state index in [2.05, 4.69) is 31.9 Å². The van der Waals surface area contributed by atoms with Crippen LogP contribution < -0.4 is 31.9 Å². The van der Waals surface area contributed by atoms with Crippen LogP contribution in [0.2, 0.25) is 0 Å². The third-order valence-electron chi connectivity index (χ3n) is 17.7. The van der Waals surface area contributed by atoms with E-state index in [4.69, 9.17) is 36.1 Å². The number of fused-ring (bicyclic) bond motifs is 4. The summed E-state index contributed by atoms with van der Waals surface area (Å²) in [6, 6.07) is 15.0. The summed E-state index contributed by atoms with van der Waals surface area (Å²) in [6.45, 7) is 4.15. The molecule has 2 aliphatic heterocycles. The van der Waals surface area contributed by atoms with E-state index in [0.717, 1.165) is 48.6 Å². The van der Waals surface area contributed by atoms with Crippen LogP contribution in [0.15, 0.2) is 90.0 Å². The summed E-state index contributed by atoms with van der Waals surface area (Å²) < 4.78 is 38.1. The number of esters is 1. The second-order valence-electron chi connectivity index (χ2n) is 24.5. The lowest BCUT2D eigenvalue weighted by Gasteiger charge is -2.36. The maximum absolute atomic E-state index is 15.7. The van der Waals surface area contributed by atoms with E-state index in [-0.39, 0.29) is 75.8 Å². The number of aryl methyl sites for hydroxylation is 1. The van der Waals surface area contributed by atoms with Crippen LogP contribution in [-0.2, 0) is 88.0 Å². The molecule has 0 saturated carbocycles. The first-order valence-electron chi connectivity index (χ1n) is 32.0. The molecule has 0 fully saturated rings. The number of imide groups is 1. The molecule has 3 aliphatic carbocycles. The monoisotopic (exact) mass is 1340 g/mol. The lowest BCUT2D eigenvalue weighted by atomic mass is 9.74. The molecule has 0 bridgehead atoms. The molecule has 3 heterocycles. The number of amides is 10. The second-order valence-corrected chi connectivity index (χ2v) is 25.0. The summed E-state index contributed by atoms with van der Waals surface area (Å²) in [4.78, 5) is 150. The average Bonchev–Trinajstić information content (AvgIpc) is 1.41. The number of aromatic nitrogens is 1. The number of cyclic esters (lactones) is 1.